The molecule has 1 nitrogen and oxygen atoms in total. The molecule has 72 valence electrons. The lowest BCUT2D eigenvalue weighted by atomic mass is 9.98. The van der Waals surface area contributed by atoms with Gasteiger partial charge in [0.15, 0.2) is 0 Å². The minimum absolute atomic E-state index is 0.0278. The number of aliphatic hydroxyl groups is 1. The lowest BCUT2D eigenvalue weighted by Crippen LogP contribution is -2.19. The van der Waals surface area contributed by atoms with Gasteiger partial charge in [-0.15, -0.1) is 0 Å². The van der Waals surface area contributed by atoms with Crippen molar-refractivity contribution in [2.45, 2.75) is 19.4 Å². The van der Waals surface area contributed by atoms with Gasteiger partial charge < -0.3 is 5.11 Å². The topological polar surface area (TPSA) is 20.2 Å². The molecule has 0 unspecified atom stereocenters. The molecule has 1 aromatic carbocycles. The van der Waals surface area contributed by atoms with Crippen molar-refractivity contribution in [3.8, 4) is 0 Å². The standard InChI is InChI=1S/C9H9BrF2O/c1-9(2,13)7-5(11)3-4-6(12)8(7)10/h3-4,13H,1-2H3. The van der Waals surface area contributed by atoms with Crippen molar-refractivity contribution >= 4 is 15.9 Å². The Morgan fingerprint density at radius 3 is 2.08 bits per heavy atom. The zero-order chi connectivity index (χ0) is 10.2. The third-order valence-electron chi connectivity index (χ3n) is 1.66. The van der Waals surface area contributed by atoms with Gasteiger partial charge in [-0.05, 0) is 41.9 Å². The van der Waals surface area contributed by atoms with Crippen LogP contribution in [0.3, 0.4) is 0 Å². The molecule has 1 N–H and O–H groups in total. The van der Waals surface area contributed by atoms with Crippen LogP contribution in [0.5, 0.6) is 0 Å². The molecule has 0 aromatic heterocycles. The third-order valence-corrected chi connectivity index (χ3v) is 2.43. The Hall–Kier alpha value is -0.480. The molecule has 0 fully saturated rings. The quantitative estimate of drug-likeness (QED) is 0.761. The van der Waals surface area contributed by atoms with Gasteiger partial charge in [-0.3, -0.25) is 0 Å². The van der Waals surface area contributed by atoms with E-state index in [0.717, 1.165) is 12.1 Å². The summed E-state index contributed by atoms with van der Waals surface area (Å²) >= 11 is 2.89. The summed E-state index contributed by atoms with van der Waals surface area (Å²) < 4.78 is 26.1. The van der Waals surface area contributed by atoms with Crippen LogP contribution in [0.15, 0.2) is 16.6 Å². The van der Waals surface area contributed by atoms with Gasteiger partial charge in [0.05, 0.1) is 10.1 Å². The van der Waals surface area contributed by atoms with Crippen LogP contribution >= 0.6 is 15.9 Å². The summed E-state index contributed by atoms with van der Waals surface area (Å²) in [5.41, 5.74) is -1.46. The lowest BCUT2D eigenvalue weighted by molar-refractivity contribution is 0.0732. The first-order chi connectivity index (χ1) is 5.84. The Labute approximate surface area is 83.5 Å². The van der Waals surface area contributed by atoms with Crippen LogP contribution < -0.4 is 0 Å². The van der Waals surface area contributed by atoms with Crippen molar-refractivity contribution in [2.24, 2.45) is 0 Å². The van der Waals surface area contributed by atoms with Gasteiger partial charge in [-0.25, -0.2) is 8.78 Å². The molecular weight excluding hydrogens is 242 g/mol. The van der Waals surface area contributed by atoms with E-state index in [1.54, 1.807) is 0 Å². The van der Waals surface area contributed by atoms with Crippen molar-refractivity contribution in [1.29, 1.82) is 0 Å². The molecule has 1 rings (SSSR count). The molecule has 0 aliphatic heterocycles. The maximum Gasteiger partial charge on any atom is 0.137 e. The fourth-order valence-corrected chi connectivity index (χ4v) is 1.89. The van der Waals surface area contributed by atoms with E-state index >= 15 is 0 Å². The van der Waals surface area contributed by atoms with E-state index in [1.807, 2.05) is 0 Å². The second kappa shape index (κ2) is 3.35. The molecule has 1 aromatic rings. The summed E-state index contributed by atoms with van der Waals surface area (Å²) in [6.07, 6.45) is 0. The SMILES string of the molecule is CC(C)(O)c1c(F)ccc(F)c1Br. The summed E-state index contributed by atoms with van der Waals surface area (Å²) in [6, 6.07) is 2.00. The van der Waals surface area contributed by atoms with Gasteiger partial charge in [0, 0.05) is 5.56 Å². The average molecular weight is 251 g/mol. The van der Waals surface area contributed by atoms with E-state index in [1.165, 1.54) is 13.8 Å². The average Bonchev–Trinajstić information content (AvgIpc) is 1.95. The smallest absolute Gasteiger partial charge is 0.137 e. The summed E-state index contributed by atoms with van der Waals surface area (Å²) in [7, 11) is 0. The highest BCUT2D eigenvalue weighted by Gasteiger charge is 2.25. The predicted octanol–water partition coefficient (Wildman–Crippen LogP) is 2.95. The molecule has 13 heavy (non-hydrogen) atoms. The van der Waals surface area contributed by atoms with Gasteiger partial charge in [-0.1, -0.05) is 0 Å². The van der Waals surface area contributed by atoms with Crippen LogP contribution in [0.4, 0.5) is 8.78 Å². The van der Waals surface area contributed by atoms with Crippen LogP contribution in [0.1, 0.15) is 19.4 Å². The van der Waals surface area contributed by atoms with Crippen molar-refractivity contribution < 1.29 is 13.9 Å². The van der Waals surface area contributed by atoms with E-state index < -0.39 is 17.2 Å². The molecule has 0 heterocycles. The monoisotopic (exact) mass is 250 g/mol. The molecule has 4 heteroatoms. The first-order valence-electron chi connectivity index (χ1n) is 3.70. The fourth-order valence-electron chi connectivity index (χ4n) is 1.09. The normalized spacial score (nSPS) is 11.8. The number of rotatable bonds is 1. The van der Waals surface area contributed by atoms with Crippen LogP contribution in [-0.2, 0) is 5.60 Å². The van der Waals surface area contributed by atoms with Gasteiger partial charge in [0.1, 0.15) is 11.6 Å². The summed E-state index contributed by atoms with van der Waals surface area (Å²) in [5, 5.41) is 9.54. The minimum Gasteiger partial charge on any atom is -0.386 e. The van der Waals surface area contributed by atoms with Gasteiger partial charge >= 0.3 is 0 Å². The predicted molar refractivity (Wildman–Crippen MR) is 49.3 cm³/mol. The Morgan fingerprint density at radius 1 is 1.23 bits per heavy atom. The minimum atomic E-state index is -1.40. The van der Waals surface area contributed by atoms with Crippen molar-refractivity contribution in [3.05, 3.63) is 33.8 Å². The molecule has 0 aliphatic carbocycles. The molecule has 0 bridgehead atoms. The first-order valence-corrected chi connectivity index (χ1v) is 4.49. The maximum atomic E-state index is 13.2. The van der Waals surface area contributed by atoms with Crippen molar-refractivity contribution in [3.63, 3.8) is 0 Å². The summed E-state index contributed by atoms with van der Waals surface area (Å²) in [5.74, 6) is -1.21. The molecular formula is C9H9BrF2O. The second-order valence-electron chi connectivity index (χ2n) is 3.28. The molecule has 0 aliphatic rings. The highest BCUT2D eigenvalue weighted by molar-refractivity contribution is 9.10. The van der Waals surface area contributed by atoms with Crippen LogP contribution in [-0.4, -0.2) is 5.11 Å². The fraction of sp³-hybridized carbons (Fsp3) is 0.333. The maximum absolute atomic E-state index is 13.2. The highest BCUT2D eigenvalue weighted by atomic mass is 79.9. The largest absolute Gasteiger partial charge is 0.386 e. The Kier molecular flexibility index (Phi) is 2.73. The number of hydrogen-bond acceptors (Lipinski definition) is 1. The molecule has 0 atom stereocenters. The first kappa shape index (κ1) is 10.6. The van der Waals surface area contributed by atoms with Crippen LogP contribution in [0.25, 0.3) is 0 Å². The van der Waals surface area contributed by atoms with E-state index in [9.17, 15) is 13.9 Å². The van der Waals surface area contributed by atoms with Crippen molar-refractivity contribution in [1.82, 2.24) is 0 Å². The van der Waals surface area contributed by atoms with E-state index in [0.29, 0.717) is 0 Å². The molecule has 0 saturated heterocycles. The third kappa shape index (κ3) is 2.06. The van der Waals surface area contributed by atoms with Gasteiger partial charge in [-0.2, -0.15) is 0 Å². The molecule has 0 spiro atoms. The number of benzene rings is 1. The van der Waals surface area contributed by atoms with Crippen LogP contribution in [0, 0.1) is 11.6 Å². The van der Waals surface area contributed by atoms with Crippen molar-refractivity contribution in [2.75, 3.05) is 0 Å². The second-order valence-corrected chi connectivity index (χ2v) is 4.07. The van der Waals surface area contributed by atoms with E-state index in [-0.39, 0.29) is 10.0 Å². The number of halogens is 3. The zero-order valence-corrected chi connectivity index (χ0v) is 8.82. The Balaban J connectivity index is 3.43. The summed E-state index contributed by atoms with van der Waals surface area (Å²) in [6.45, 7) is 2.80. The molecule has 0 amide bonds. The Bertz CT molecular complexity index is 331. The highest BCUT2D eigenvalue weighted by Crippen LogP contribution is 2.32. The number of hydrogen-bond donors (Lipinski definition) is 1. The summed E-state index contributed by atoms with van der Waals surface area (Å²) in [4.78, 5) is 0. The lowest BCUT2D eigenvalue weighted by Gasteiger charge is -2.20. The van der Waals surface area contributed by atoms with E-state index in [2.05, 4.69) is 15.9 Å². The van der Waals surface area contributed by atoms with E-state index in [4.69, 9.17) is 0 Å². The molecule has 0 saturated carbocycles. The van der Waals surface area contributed by atoms with Crippen LogP contribution in [0.2, 0.25) is 0 Å². The zero-order valence-electron chi connectivity index (χ0n) is 7.24. The van der Waals surface area contributed by atoms with Gasteiger partial charge in [0.25, 0.3) is 0 Å². The van der Waals surface area contributed by atoms with Gasteiger partial charge in [0.2, 0.25) is 0 Å². The molecule has 0 radical (unpaired) electrons. The Morgan fingerprint density at radius 2 is 1.69 bits per heavy atom.